The van der Waals surface area contributed by atoms with Gasteiger partial charge in [0.2, 0.25) is 0 Å². The average molecular weight is 274 g/mol. The summed E-state index contributed by atoms with van der Waals surface area (Å²) in [4.78, 5) is 14.5. The summed E-state index contributed by atoms with van der Waals surface area (Å²) in [5.41, 5.74) is 2.30. The minimum absolute atomic E-state index is 0.0106. The molecule has 0 unspecified atom stereocenters. The summed E-state index contributed by atoms with van der Waals surface area (Å²) in [6.45, 7) is 2.70. The van der Waals surface area contributed by atoms with Crippen LogP contribution in [0.5, 0.6) is 0 Å². The van der Waals surface area contributed by atoms with E-state index in [0.717, 1.165) is 12.1 Å². The van der Waals surface area contributed by atoms with Crippen molar-refractivity contribution in [3.63, 3.8) is 0 Å². The maximum atomic E-state index is 12.6. The molecule has 0 bridgehead atoms. The van der Waals surface area contributed by atoms with Crippen molar-refractivity contribution in [2.45, 2.75) is 38.3 Å². The molecule has 2 amide bonds. The SMILES string of the molecule is COC[C@@H](NC(=O)N1c2ccccc2C[C@@H]1C)C1CC1. The van der Waals surface area contributed by atoms with Crippen LogP contribution in [0, 0.1) is 5.92 Å². The van der Waals surface area contributed by atoms with Gasteiger partial charge >= 0.3 is 6.03 Å². The van der Waals surface area contributed by atoms with Gasteiger partial charge in [-0.05, 0) is 43.7 Å². The van der Waals surface area contributed by atoms with E-state index in [-0.39, 0.29) is 18.1 Å². The zero-order valence-corrected chi connectivity index (χ0v) is 12.1. The third-order valence-corrected chi connectivity index (χ3v) is 4.27. The second kappa shape index (κ2) is 5.44. The Hall–Kier alpha value is -1.55. The highest BCUT2D eigenvalue weighted by atomic mass is 16.5. The number of carbonyl (C=O) groups excluding carboxylic acids is 1. The molecule has 20 heavy (non-hydrogen) atoms. The van der Waals surface area contributed by atoms with Gasteiger partial charge in [-0.1, -0.05) is 18.2 Å². The summed E-state index contributed by atoms with van der Waals surface area (Å²) in [5.74, 6) is 0.590. The van der Waals surface area contributed by atoms with Crippen molar-refractivity contribution in [2.75, 3.05) is 18.6 Å². The van der Waals surface area contributed by atoms with Crippen molar-refractivity contribution in [1.82, 2.24) is 5.32 Å². The van der Waals surface area contributed by atoms with Gasteiger partial charge in [0.05, 0.1) is 12.6 Å². The lowest BCUT2D eigenvalue weighted by molar-refractivity contribution is 0.158. The number of methoxy groups -OCH3 is 1. The van der Waals surface area contributed by atoms with Crippen LogP contribution in [0.3, 0.4) is 0 Å². The van der Waals surface area contributed by atoms with Crippen LogP contribution < -0.4 is 10.2 Å². The van der Waals surface area contributed by atoms with Gasteiger partial charge in [0.25, 0.3) is 0 Å². The van der Waals surface area contributed by atoms with Gasteiger partial charge in [-0.15, -0.1) is 0 Å². The smallest absolute Gasteiger partial charge is 0.322 e. The summed E-state index contributed by atoms with van der Waals surface area (Å²) in [7, 11) is 1.69. The van der Waals surface area contributed by atoms with Crippen LogP contribution >= 0.6 is 0 Å². The molecule has 1 heterocycles. The van der Waals surface area contributed by atoms with Gasteiger partial charge in [-0.3, -0.25) is 4.90 Å². The van der Waals surface area contributed by atoms with Crippen LogP contribution in [0.2, 0.25) is 0 Å². The fraction of sp³-hybridized carbons (Fsp3) is 0.562. The number of para-hydroxylation sites is 1. The molecule has 2 aliphatic rings. The molecule has 1 saturated carbocycles. The minimum Gasteiger partial charge on any atom is -0.383 e. The number of nitrogens with zero attached hydrogens (tertiary/aromatic N) is 1. The topological polar surface area (TPSA) is 41.6 Å². The molecule has 1 aliphatic heterocycles. The van der Waals surface area contributed by atoms with Crippen molar-refractivity contribution < 1.29 is 9.53 Å². The first kappa shape index (κ1) is 13.4. The number of amides is 2. The molecule has 1 aliphatic carbocycles. The van der Waals surface area contributed by atoms with Crippen LogP contribution in [-0.2, 0) is 11.2 Å². The number of anilines is 1. The number of benzene rings is 1. The lowest BCUT2D eigenvalue weighted by atomic mass is 10.1. The Kier molecular flexibility index (Phi) is 3.66. The maximum absolute atomic E-state index is 12.6. The van der Waals surface area contributed by atoms with E-state index >= 15 is 0 Å². The number of ether oxygens (including phenoxy) is 1. The Labute approximate surface area is 120 Å². The normalized spacial score (nSPS) is 22.5. The van der Waals surface area contributed by atoms with Crippen molar-refractivity contribution in [1.29, 1.82) is 0 Å². The van der Waals surface area contributed by atoms with Crippen LogP contribution in [0.4, 0.5) is 10.5 Å². The standard InChI is InChI=1S/C16H22N2O2/c1-11-9-13-5-3-4-6-15(13)18(11)16(19)17-14(10-20-2)12-7-8-12/h3-6,11-12,14H,7-10H2,1-2H3,(H,17,19)/t11-,14+/m0/s1. The van der Waals surface area contributed by atoms with E-state index in [0.29, 0.717) is 12.5 Å². The molecule has 1 N–H and O–H groups in total. The monoisotopic (exact) mass is 274 g/mol. The Morgan fingerprint density at radius 3 is 2.90 bits per heavy atom. The van der Waals surface area contributed by atoms with Crippen molar-refractivity contribution in [3.8, 4) is 0 Å². The van der Waals surface area contributed by atoms with Gasteiger partial charge in [0.15, 0.2) is 0 Å². The predicted octanol–water partition coefficient (Wildman–Crippen LogP) is 2.57. The lowest BCUT2D eigenvalue weighted by Crippen LogP contribution is -2.49. The molecule has 108 valence electrons. The Morgan fingerprint density at radius 1 is 1.45 bits per heavy atom. The van der Waals surface area contributed by atoms with E-state index in [9.17, 15) is 4.79 Å². The van der Waals surface area contributed by atoms with E-state index in [1.165, 1.54) is 18.4 Å². The number of urea groups is 1. The Morgan fingerprint density at radius 2 is 2.20 bits per heavy atom. The van der Waals surface area contributed by atoms with Crippen LogP contribution in [0.25, 0.3) is 0 Å². The fourth-order valence-electron chi connectivity index (χ4n) is 3.08. The lowest BCUT2D eigenvalue weighted by Gasteiger charge is -2.26. The molecular formula is C16H22N2O2. The van der Waals surface area contributed by atoms with Gasteiger partial charge < -0.3 is 10.1 Å². The van der Waals surface area contributed by atoms with E-state index in [2.05, 4.69) is 18.3 Å². The Balaban J connectivity index is 1.73. The van der Waals surface area contributed by atoms with Gasteiger partial charge in [0, 0.05) is 18.8 Å². The summed E-state index contributed by atoms with van der Waals surface area (Å²) >= 11 is 0. The molecule has 3 rings (SSSR count). The first-order chi connectivity index (χ1) is 9.70. The first-order valence-corrected chi connectivity index (χ1v) is 7.37. The number of nitrogens with one attached hydrogen (secondary N) is 1. The maximum Gasteiger partial charge on any atom is 0.322 e. The molecule has 0 aromatic heterocycles. The highest BCUT2D eigenvalue weighted by molar-refractivity contribution is 5.95. The number of carbonyl (C=O) groups is 1. The zero-order chi connectivity index (χ0) is 14.1. The average Bonchev–Trinajstić information content (AvgIpc) is 3.20. The molecule has 0 spiro atoms. The van der Waals surface area contributed by atoms with Crippen LogP contribution in [0.1, 0.15) is 25.3 Å². The number of fused-ring (bicyclic) bond motifs is 1. The molecule has 0 saturated heterocycles. The van der Waals surface area contributed by atoms with E-state index in [4.69, 9.17) is 4.74 Å². The van der Waals surface area contributed by atoms with E-state index in [1.54, 1.807) is 7.11 Å². The Bertz CT molecular complexity index is 499. The quantitative estimate of drug-likeness (QED) is 0.917. The highest BCUT2D eigenvalue weighted by Gasteiger charge is 2.36. The molecular weight excluding hydrogens is 252 g/mol. The number of hydrogen-bond acceptors (Lipinski definition) is 2. The van der Waals surface area contributed by atoms with Gasteiger partial charge in [0.1, 0.15) is 0 Å². The van der Waals surface area contributed by atoms with Crippen molar-refractivity contribution in [2.24, 2.45) is 5.92 Å². The second-order valence-corrected chi connectivity index (χ2v) is 5.90. The predicted molar refractivity (Wildman–Crippen MR) is 79.0 cm³/mol. The zero-order valence-electron chi connectivity index (χ0n) is 12.1. The van der Waals surface area contributed by atoms with Crippen LogP contribution in [-0.4, -0.2) is 31.8 Å². The summed E-state index contributed by atoms with van der Waals surface area (Å²) in [5, 5.41) is 3.16. The molecule has 4 nitrogen and oxygen atoms in total. The minimum atomic E-state index is 0.0106. The van der Waals surface area contributed by atoms with Crippen molar-refractivity contribution >= 4 is 11.7 Å². The first-order valence-electron chi connectivity index (χ1n) is 7.37. The molecule has 4 heteroatoms. The molecule has 1 aromatic rings. The van der Waals surface area contributed by atoms with E-state index in [1.807, 2.05) is 23.1 Å². The molecule has 0 radical (unpaired) electrons. The fourth-order valence-corrected chi connectivity index (χ4v) is 3.08. The third kappa shape index (κ3) is 2.52. The molecule has 1 aromatic carbocycles. The third-order valence-electron chi connectivity index (χ3n) is 4.27. The van der Waals surface area contributed by atoms with E-state index < -0.39 is 0 Å². The summed E-state index contributed by atoms with van der Waals surface area (Å²) in [6.07, 6.45) is 3.32. The van der Waals surface area contributed by atoms with Crippen molar-refractivity contribution in [3.05, 3.63) is 29.8 Å². The molecule has 2 atom stereocenters. The number of hydrogen-bond donors (Lipinski definition) is 1. The second-order valence-electron chi connectivity index (χ2n) is 5.90. The number of rotatable bonds is 4. The van der Waals surface area contributed by atoms with Crippen LogP contribution in [0.15, 0.2) is 24.3 Å². The van der Waals surface area contributed by atoms with Gasteiger partial charge in [-0.2, -0.15) is 0 Å². The molecule has 1 fully saturated rings. The largest absolute Gasteiger partial charge is 0.383 e. The summed E-state index contributed by atoms with van der Waals surface area (Å²) < 4.78 is 5.23. The van der Waals surface area contributed by atoms with Gasteiger partial charge in [-0.25, -0.2) is 4.79 Å². The summed E-state index contributed by atoms with van der Waals surface area (Å²) in [6, 6.07) is 8.53. The highest BCUT2D eigenvalue weighted by Crippen LogP contribution is 2.34.